The minimum Gasteiger partial charge on any atom is -0.382 e. The van der Waals surface area contributed by atoms with E-state index in [1.165, 1.54) is 12.1 Å². The van der Waals surface area contributed by atoms with Crippen LogP contribution in [0.3, 0.4) is 0 Å². The summed E-state index contributed by atoms with van der Waals surface area (Å²) in [4.78, 5) is 0. The van der Waals surface area contributed by atoms with Crippen LogP contribution in [0.15, 0.2) is 36.0 Å². The average molecular weight is 516 g/mol. The molecule has 2 aliphatic carbocycles. The molecule has 0 spiro atoms. The molecular weight excluding hydrogens is 486 g/mol. The van der Waals surface area contributed by atoms with Crippen LogP contribution in [-0.4, -0.2) is 58.7 Å². The summed E-state index contributed by atoms with van der Waals surface area (Å²) in [5.74, 6) is -0.848. The molecule has 11 heteroatoms. The Balaban J connectivity index is 1.61. The van der Waals surface area contributed by atoms with Crippen molar-refractivity contribution in [2.75, 3.05) is 18.8 Å². The van der Waals surface area contributed by atoms with E-state index in [2.05, 4.69) is 5.10 Å². The number of aliphatic hydroxyl groups excluding tert-OH is 1. The molecule has 1 N–H and O–H groups in total. The number of sulfonamides is 1. The molecule has 2 aromatic rings. The van der Waals surface area contributed by atoms with Gasteiger partial charge in [-0.2, -0.15) is 22.6 Å². The summed E-state index contributed by atoms with van der Waals surface area (Å²) in [5.41, 5.74) is 3.15. The van der Waals surface area contributed by atoms with Gasteiger partial charge in [0.2, 0.25) is 10.0 Å². The zero-order valence-electron chi connectivity index (χ0n) is 19.6. The molecule has 192 valence electrons. The highest BCUT2D eigenvalue weighted by Gasteiger charge is 2.48. The topological polar surface area (TPSA) is 75.4 Å². The highest BCUT2D eigenvalue weighted by atomic mass is 32.2. The number of hydrogen-bond donors (Lipinski definition) is 1. The molecule has 6 nitrogen and oxygen atoms in total. The van der Waals surface area contributed by atoms with Crippen LogP contribution in [0, 0.1) is 17.2 Å². The van der Waals surface area contributed by atoms with Crippen LogP contribution in [0.2, 0.25) is 0 Å². The summed E-state index contributed by atoms with van der Waals surface area (Å²) in [7, 11) is -3.97. The van der Waals surface area contributed by atoms with Gasteiger partial charge in [-0.3, -0.25) is 0 Å². The number of halogens is 4. The van der Waals surface area contributed by atoms with Gasteiger partial charge in [0.1, 0.15) is 5.82 Å². The normalized spacial score (nSPS) is 23.2. The molecule has 4 rings (SSSR count). The second-order valence-corrected chi connectivity index (χ2v) is 11.7. The van der Waals surface area contributed by atoms with E-state index in [0.717, 1.165) is 21.1 Å². The highest BCUT2D eigenvalue weighted by molar-refractivity contribution is 7.89. The number of aromatic nitrogens is 2. The summed E-state index contributed by atoms with van der Waals surface area (Å²) in [5, 5.41) is 14.1. The van der Waals surface area contributed by atoms with E-state index in [1.807, 2.05) is 13.0 Å². The van der Waals surface area contributed by atoms with Crippen LogP contribution in [0.25, 0.3) is 11.8 Å². The van der Waals surface area contributed by atoms with Crippen LogP contribution in [0.4, 0.5) is 17.6 Å². The predicted molar refractivity (Wildman–Crippen MR) is 124 cm³/mol. The van der Waals surface area contributed by atoms with Crippen molar-refractivity contribution in [3.63, 3.8) is 0 Å². The van der Waals surface area contributed by atoms with Gasteiger partial charge in [-0.1, -0.05) is 19.4 Å². The number of allylic oxidation sites excluding steroid dienone is 1. The second kappa shape index (κ2) is 9.33. The number of aliphatic hydroxyl groups is 1. The Morgan fingerprint density at radius 1 is 1.29 bits per heavy atom. The van der Waals surface area contributed by atoms with Gasteiger partial charge in [0.05, 0.1) is 23.3 Å². The minimum atomic E-state index is -4.90. The van der Waals surface area contributed by atoms with E-state index < -0.39 is 34.3 Å². The number of nitrogens with zero attached hydrogens (tertiary/aromatic N) is 3. The second-order valence-electron chi connectivity index (χ2n) is 9.63. The molecule has 1 heterocycles. The maximum atomic E-state index is 13.4. The summed E-state index contributed by atoms with van der Waals surface area (Å²) in [6, 6.07) is 5.98. The van der Waals surface area contributed by atoms with E-state index >= 15 is 0 Å². The number of rotatable bonds is 8. The van der Waals surface area contributed by atoms with Crippen LogP contribution >= 0.6 is 0 Å². The molecule has 35 heavy (non-hydrogen) atoms. The first-order chi connectivity index (χ1) is 16.3. The van der Waals surface area contributed by atoms with Crippen LogP contribution < -0.4 is 0 Å². The molecule has 0 saturated heterocycles. The van der Waals surface area contributed by atoms with E-state index in [9.17, 15) is 31.1 Å². The highest BCUT2D eigenvalue weighted by Crippen LogP contribution is 2.53. The summed E-state index contributed by atoms with van der Waals surface area (Å²) in [6.07, 6.45) is -1.78. The zero-order chi connectivity index (χ0) is 25.6. The largest absolute Gasteiger partial charge is 0.415 e. The van der Waals surface area contributed by atoms with Gasteiger partial charge in [0, 0.05) is 13.1 Å². The summed E-state index contributed by atoms with van der Waals surface area (Å²) < 4.78 is 80.7. The third-order valence-electron chi connectivity index (χ3n) is 7.26. The van der Waals surface area contributed by atoms with Crippen LogP contribution in [0.1, 0.15) is 44.4 Å². The van der Waals surface area contributed by atoms with Gasteiger partial charge in [0.25, 0.3) is 0 Å². The SMILES string of the molecule is CCCS(=O)(=O)N(CC(O)C(F)(F)F)C[C@H]1CCC2=Cc3c(cnn3-c3ccc(F)cc3)C[C@@]21C. The van der Waals surface area contributed by atoms with E-state index in [-0.39, 0.29) is 30.5 Å². The molecule has 0 aliphatic heterocycles. The molecule has 0 radical (unpaired) electrons. The standard InChI is InChI=1S/C24H29F4N3O3S/c1-3-10-35(33,34)30(15-22(32)24(26,27)28)14-18-5-4-17-11-21-16(12-23(17,18)2)13-29-31(21)20-8-6-19(25)7-9-20/h6-9,11,13,18,22,32H,3-5,10,12,14-15H2,1-2H3/t18-,22?,23+/m1/s1. The van der Waals surface area contributed by atoms with Crippen molar-refractivity contribution in [3.8, 4) is 5.69 Å². The number of benzene rings is 1. The average Bonchev–Trinajstić information content (AvgIpc) is 3.31. The molecule has 1 unspecified atom stereocenters. The molecular formula is C24H29F4N3O3S. The summed E-state index contributed by atoms with van der Waals surface area (Å²) in [6.45, 7) is 2.56. The first kappa shape index (κ1) is 25.8. The van der Waals surface area contributed by atoms with Crippen molar-refractivity contribution in [2.24, 2.45) is 11.3 Å². The van der Waals surface area contributed by atoms with E-state index in [0.29, 0.717) is 24.9 Å². The van der Waals surface area contributed by atoms with Gasteiger partial charge in [-0.05, 0) is 72.9 Å². The lowest BCUT2D eigenvalue weighted by atomic mass is 9.70. The van der Waals surface area contributed by atoms with Gasteiger partial charge in [-0.25, -0.2) is 17.5 Å². The van der Waals surface area contributed by atoms with Gasteiger partial charge >= 0.3 is 6.18 Å². The third-order valence-corrected chi connectivity index (χ3v) is 9.27. The number of hydrogen-bond acceptors (Lipinski definition) is 4. The summed E-state index contributed by atoms with van der Waals surface area (Å²) >= 11 is 0. The fourth-order valence-electron chi connectivity index (χ4n) is 5.25. The van der Waals surface area contributed by atoms with Crippen molar-refractivity contribution in [3.05, 3.63) is 53.1 Å². The monoisotopic (exact) mass is 515 g/mol. The van der Waals surface area contributed by atoms with E-state index in [4.69, 9.17) is 0 Å². The maximum Gasteiger partial charge on any atom is 0.415 e. The molecule has 1 aromatic carbocycles. The molecule has 2 aliphatic rings. The molecule has 0 bridgehead atoms. The van der Waals surface area contributed by atoms with Crippen molar-refractivity contribution in [1.82, 2.24) is 14.1 Å². The van der Waals surface area contributed by atoms with Crippen molar-refractivity contribution in [1.29, 1.82) is 0 Å². The van der Waals surface area contributed by atoms with Gasteiger partial charge in [-0.15, -0.1) is 0 Å². The predicted octanol–water partition coefficient (Wildman–Crippen LogP) is 4.33. The van der Waals surface area contributed by atoms with Crippen molar-refractivity contribution < 1.29 is 31.1 Å². The fourth-order valence-corrected chi connectivity index (χ4v) is 6.79. The Morgan fingerprint density at radius 3 is 2.60 bits per heavy atom. The molecule has 0 amide bonds. The fraction of sp³-hybridized carbons (Fsp3) is 0.542. The Morgan fingerprint density at radius 2 is 1.97 bits per heavy atom. The minimum absolute atomic E-state index is 0.0925. The number of fused-ring (bicyclic) bond motifs is 2. The molecule has 3 atom stereocenters. The van der Waals surface area contributed by atoms with Crippen LogP contribution in [0.5, 0.6) is 0 Å². The zero-order valence-corrected chi connectivity index (χ0v) is 20.4. The Labute approximate surface area is 202 Å². The first-order valence-corrected chi connectivity index (χ1v) is 13.2. The first-order valence-electron chi connectivity index (χ1n) is 11.6. The number of alkyl halides is 3. The Kier molecular flexibility index (Phi) is 6.89. The quantitative estimate of drug-likeness (QED) is 0.531. The lowest BCUT2D eigenvalue weighted by Crippen LogP contribution is -2.48. The maximum absolute atomic E-state index is 13.4. The lowest BCUT2D eigenvalue weighted by Gasteiger charge is -2.38. The van der Waals surface area contributed by atoms with Crippen molar-refractivity contribution >= 4 is 16.1 Å². The molecule has 1 saturated carbocycles. The van der Waals surface area contributed by atoms with Gasteiger partial charge < -0.3 is 5.11 Å². The smallest absolute Gasteiger partial charge is 0.382 e. The molecule has 1 aromatic heterocycles. The van der Waals surface area contributed by atoms with Crippen molar-refractivity contribution in [2.45, 2.75) is 51.8 Å². The van der Waals surface area contributed by atoms with Crippen LogP contribution in [-0.2, 0) is 16.4 Å². The molecule has 1 fully saturated rings. The third kappa shape index (κ3) is 5.03. The Hall–Kier alpha value is -2.24. The Bertz CT molecular complexity index is 1210. The van der Waals surface area contributed by atoms with E-state index in [1.54, 1.807) is 29.9 Å². The van der Waals surface area contributed by atoms with Gasteiger partial charge in [0.15, 0.2) is 6.10 Å². The lowest BCUT2D eigenvalue weighted by molar-refractivity contribution is -0.205.